The fraction of sp³-hybridized carbons (Fsp3) is 0.538. The molecule has 1 aromatic rings. The van der Waals surface area contributed by atoms with E-state index in [0.717, 1.165) is 5.56 Å². The summed E-state index contributed by atoms with van der Waals surface area (Å²) in [5.74, 6) is -0.516. The summed E-state index contributed by atoms with van der Waals surface area (Å²) in [7, 11) is -6.55. The number of benzene rings is 1. The normalized spacial score (nSPS) is 25.7. The molecule has 0 aromatic heterocycles. The Hall–Kier alpha value is -0.400. The lowest BCUT2D eigenvalue weighted by atomic mass is 10.0. The number of halogens is 1. The SMILES string of the molecule is Cc1ccc(S(=O)(=O)C[C@@H]2CS(=O)(=O)C[C@@H]2CBr)cc1. The number of hydrogen-bond donors (Lipinski definition) is 0. The lowest BCUT2D eigenvalue weighted by Crippen LogP contribution is -2.23. The van der Waals surface area contributed by atoms with Gasteiger partial charge in [0.1, 0.15) is 0 Å². The predicted octanol–water partition coefficient (Wildman–Crippen LogP) is 1.82. The van der Waals surface area contributed by atoms with E-state index in [1.807, 2.05) is 6.92 Å². The minimum absolute atomic E-state index is 0.0334. The molecular weight excluding hydrogens is 364 g/mol. The first kappa shape index (κ1) is 16.0. The molecule has 0 saturated carbocycles. The third-order valence-electron chi connectivity index (χ3n) is 3.61. The number of hydrogen-bond acceptors (Lipinski definition) is 4. The monoisotopic (exact) mass is 380 g/mol. The van der Waals surface area contributed by atoms with Crippen molar-refractivity contribution in [3.8, 4) is 0 Å². The van der Waals surface area contributed by atoms with Crippen LogP contribution in [0.15, 0.2) is 29.2 Å². The Kier molecular flexibility index (Phi) is 4.61. The van der Waals surface area contributed by atoms with Crippen LogP contribution in [0, 0.1) is 18.8 Å². The first-order valence-electron chi connectivity index (χ1n) is 6.29. The van der Waals surface area contributed by atoms with Crippen LogP contribution in [0.2, 0.25) is 0 Å². The number of aryl methyl sites for hydroxylation is 1. The van der Waals surface area contributed by atoms with E-state index in [1.54, 1.807) is 24.3 Å². The zero-order valence-electron chi connectivity index (χ0n) is 11.1. The van der Waals surface area contributed by atoms with E-state index in [1.165, 1.54) is 0 Å². The molecule has 7 heteroatoms. The van der Waals surface area contributed by atoms with Gasteiger partial charge in [0, 0.05) is 5.33 Å². The molecule has 20 heavy (non-hydrogen) atoms. The van der Waals surface area contributed by atoms with Crippen molar-refractivity contribution in [1.82, 2.24) is 0 Å². The second kappa shape index (κ2) is 5.77. The molecule has 1 aliphatic heterocycles. The molecule has 0 N–H and O–H groups in total. The first-order chi connectivity index (χ1) is 9.23. The molecule has 0 spiro atoms. The molecule has 1 aliphatic rings. The highest BCUT2D eigenvalue weighted by Crippen LogP contribution is 2.30. The Morgan fingerprint density at radius 1 is 1.15 bits per heavy atom. The summed E-state index contributed by atoms with van der Waals surface area (Å²) in [5, 5.41) is 0.514. The van der Waals surface area contributed by atoms with Crippen LogP contribution in [0.4, 0.5) is 0 Å². The van der Waals surface area contributed by atoms with E-state index in [-0.39, 0.29) is 34.0 Å². The highest BCUT2D eigenvalue weighted by Gasteiger charge is 2.39. The van der Waals surface area contributed by atoms with Crippen LogP contribution in [-0.4, -0.2) is 39.4 Å². The van der Waals surface area contributed by atoms with Gasteiger partial charge in [-0.05, 0) is 30.9 Å². The van der Waals surface area contributed by atoms with Crippen LogP contribution in [0.5, 0.6) is 0 Å². The minimum atomic E-state index is -3.44. The molecule has 1 heterocycles. The molecule has 0 radical (unpaired) electrons. The summed E-state index contributed by atoms with van der Waals surface area (Å²) in [6.07, 6.45) is 0. The summed E-state index contributed by atoms with van der Waals surface area (Å²) in [6, 6.07) is 6.66. The number of alkyl halides is 1. The fourth-order valence-electron chi connectivity index (χ4n) is 2.47. The van der Waals surface area contributed by atoms with Crippen molar-refractivity contribution in [1.29, 1.82) is 0 Å². The van der Waals surface area contributed by atoms with E-state index in [2.05, 4.69) is 15.9 Å². The maximum atomic E-state index is 12.4. The van der Waals surface area contributed by atoms with Gasteiger partial charge in [0.15, 0.2) is 19.7 Å². The molecule has 1 aromatic carbocycles. The highest BCUT2D eigenvalue weighted by atomic mass is 79.9. The van der Waals surface area contributed by atoms with Gasteiger partial charge < -0.3 is 0 Å². The first-order valence-corrected chi connectivity index (χ1v) is 10.9. The van der Waals surface area contributed by atoms with E-state index in [4.69, 9.17) is 0 Å². The Morgan fingerprint density at radius 2 is 1.70 bits per heavy atom. The summed E-state index contributed by atoms with van der Waals surface area (Å²) < 4.78 is 48.0. The van der Waals surface area contributed by atoms with Gasteiger partial charge in [-0.25, -0.2) is 16.8 Å². The zero-order valence-corrected chi connectivity index (χ0v) is 14.3. The van der Waals surface area contributed by atoms with Crippen LogP contribution < -0.4 is 0 Å². The zero-order chi connectivity index (χ0) is 15.0. The largest absolute Gasteiger partial charge is 0.229 e. The average molecular weight is 381 g/mol. The van der Waals surface area contributed by atoms with Gasteiger partial charge in [-0.1, -0.05) is 33.6 Å². The standard InChI is InChI=1S/C13H17BrO4S2/c1-10-2-4-13(5-3-10)20(17,18)9-12-8-19(15,16)7-11(12)6-14/h2-5,11-12H,6-9H2,1H3/t11-,12-/m0/s1. The van der Waals surface area contributed by atoms with E-state index >= 15 is 0 Å². The quantitative estimate of drug-likeness (QED) is 0.747. The second-order valence-electron chi connectivity index (χ2n) is 5.35. The topological polar surface area (TPSA) is 68.3 Å². The molecule has 4 nitrogen and oxygen atoms in total. The predicted molar refractivity (Wildman–Crippen MR) is 82.7 cm³/mol. The smallest absolute Gasteiger partial charge is 0.178 e. The molecule has 1 saturated heterocycles. The van der Waals surface area contributed by atoms with E-state index in [0.29, 0.717) is 5.33 Å². The fourth-order valence-corrected chi connectivity index (χ4v) is 7.60. The molecule has 0 bridgehead atoms. The molecule has 2 atom stereocenters. The maximum absolute atomic E-state index is 12.4. The highest BCUT2D eigenvalue weighted by molar-refractivity contribution is 9.09. The van der Waals surface area contributed by atoms with Crippen molar-refractivity contribution in [3.63, 3.8) is 0 Å². The van der Waals surface area contributed by atoms with Crippen molar-refractivity contribution in [2.75, 3.05) is 22.6 Å². The molecule has 112 valence electrons. The third kappa shape index (κ3) is 3.62. The number of sulfone groups is 2. The van der Waals surface area contributed by atoms with Crippen molar-refractivity contribution in [2.24, 2.45) is 11.8 Å². The third-order valence-corrected chi connectivity index (χ3v) is 8.18. The van der Waals surface area contributed by atoms with Crippen molar-refractivity contribution >= 4 is 35.6 Å². The Bertz CT molecular complexity index is 678. The minimum Gasteiger partial charge on any atom is -0.229 e. The maximum Gasteiger partial charge on any atom is 0.178 e. The summed E-state index contributed by atoms with van der Waals surface area (Å²) in [6.45, 7) is 1.89. The van der Waals surface area contributed by atoms with Gasteiger partial charge in [0.25, 0.3) is 0 Å². The molecule has 0 aliphatic carbocycles. The lowest BCUT2D eigenvalue weighted by molar-refractivity contribution is 0.494. The summed E-state index contributed by atoms with van der Waals surface area (Å²) >= 11 is 3.28. The second-order valence-corrected chi connectivity index (χ2v) is 10.2. The van der Waals surface area contributed by atoms with Crippen molar-refractivity contribution in [2.45, 2.75) is 11.8 Å². The van der Waals surface area contributed by atoms with Crippen molar-refractivity contribution < 1.29 is 16.8 Å². The van der Waals surface area contributed by atoms with Crippen molar-refractivity contribution in [3.05, 3.63) is 29.8 Å². The Labute approximate surface area is 128 Å². The number of rotatable bonds is 4. The Morgan fingerprint density at radius 3 is 2.25 bits per heavy atom. The lowest BCUT2D eigenvalue weighted by Gasteiger charge is -2.15. The van der Waals surface area contributed by atoms with Crippen LogP contribution in [0.25, 0.3) is 0 Å². The van der Waals surface area contributed by atoms with Gasteiger partial charge in [0.05, 0.1) is 22.2 Å². The van der Waals surface area contributed by atoms with E-state index in [9.17, 15) is 16.8 Å². The van der Waals surface area contributed by atoms with Crippen LogP contribution >= 0.6 is 15.9 Å². The summed E-state index contributed by atoms with van der Waals surface area (Å²) in [4.78, 5) is 0.265. The van der Waals surface area contributed by atoms with Gasteiger partial charge in [0.2, 0.25) is 0 Å². The van der Waals surface area contributed by atoms with Gasteiger partial charge in [-0.15, -0.1) is 0 Å². The Balaban J connectivity index is 2.22. The van der Waals surface area contributed by atoms with Gasteiger partial charge in [-0.3, -0.25) is 0 Å². The summed E-state index contributed by atoms with van der Waals surface area (Å²) in [5.41, 5.74) is 0.991. The van der Waals surface area contributed by atoms with E-state index < -0.39 is 19.7 Å². The molecule has 0 amide bonds. The van der Waals surface area contributed by atoms with Crippen LogP contribution in [-0.2, 0) is 19.7 Å². The van der Waals surface area contributed by atoms with Crippen LogP contribution in [0.1, 0.15) is 5.56 Å². The molecule has 0 unspecified atom stereocenters. The van der Waals surface area contributed by atoms with Crippen LogP contribution in [0.3, 0.4) is 0 Å². The van der Waals surface area contributed by atoms with Gasteiger partial charge in [-0.2, -0.15) is 0 Å². The average Bonchev–Trinajstić information content (AvgIpc) is 2.63. The van der Waals surface area contributed by atoms with Gasteiger partial charge >= 0.3 is 0 Å². The molecule has 2 rings (SSSR count). The molecular formula is C13H17BrO4S2. The molecule has 1 fully saturated rings.